The van der Waals surface area contributed by atoms with Gasteiger partial charge in [-0.25, -0.2) is 4.98 Å². The number of alkyl halides is 3. The third kappa shape index (κ3) is 4.39. The normalized spacial score (nSPS) is 21.1. The van der Waals surface area contributed by atoms with E-state index in [2.05, 4.69) is 36.7 Å². The zero-order chi connectivity index (χ0) is 22.4. The summed E-state index contributed by atoms with van der Waals surface area (Å²) in [5.74, 6) is 1.13. The van der Waals surface area contributed by atoms with Gasteiger partial charge in [-0.15, -0.1) is 0 Å². The second-order valence-electron chi connectivity index (χ2n) is 9.39. The van der Waals surface area contributed by atoms with E-state index < -0.39 is 11.7 Å². The number of nitrogens with one attached hydrogen (secondary N) is 1. The molecule has 0 saturated heterocycles. The summed E-state index contributed by atoms with van der Waals surface area (Å²) in [5, 5.41) is 12.5. The smallest absolute Gasteiger partial charge is 0.326 e. The SMILES string of the molecule is C[C@@H]1C[C@H](n2c(Nc3ccc(C(F)(F)F)cc3)nc3cc(C#N)ccc32)CC(C)(C)C1. The van der Waals surface area contributed by atoms with Crippen LogP contribution in [0.1, 0.15) is 57.2 Å². The first-order chi connectivity index (χ1) is 14.6. The molecule has 1 aliphatic rings. The molecule has 0 radical (unpaired) electrons. The standard InChI is InChI=1S/C24H25F3N4/c1-15-10-19(13-23(2,3)12-15)31-21-9-4-16(14-28)11-20(21)30-22(31)29-18-7-5-17(6-8-18)24(25,26)27/h4-9,11,15,19H,10,12-13H2,1-3H3,(H,29,30)/t15-,19+/m1/s1. The number of aromatic nitrogens is 2. The number of fused-ring (bicyclic) bond motifs is 1. The summed E-state index contributed by atoms with van der Waals surface area (Å²) in [4.78, 5) is 4.71. The van der Waals surface area contributed by atoms with E-state index in [0.717, 1.165) is 36.9 Å². The van der Waals surface area contributed by atoms with Crippen LogP contribution in [-0.2, 0) is 6.18 Å². The predicted molar refractivity (Wildman–Crippen MR) is 115 cm³/mol. The fourth-order valence-corrected chi connectivity index (χ4v) is 4.99. The summed E-state index contributed by atoms with van der Waals surface area (Å²) in [6, 6.07) is 12.7. The highest BCUT2D eigenvalue weighted by Gasteiger charge is 2.35. The molecular weight excluding hydrogens is 401 g/mol. The Morgan fingerprint density at radius 2 is 1.84 bits per heavy atom. The van der Waals surface area contributed by atoms with Crippen LogP contribution < -0.4 is 5.32 Å². The molecule has 4 nitrogen and oxygen atoms in total. The zero-order valence-corrected chi connectivity index (χ0v) is 17.8. The van der Waals surface area contributed by atoms with Crippen molar-refractivity contribution in [2.24, 2.45) is 11.3 Å². The first kappa shape index (κ1) is 21.2. The van der Waals surface area contributed by atoms with Gasteiger partial charge in [-0.3, -0.25) is 0 Å². The van der Waals surface area contributed by atoms with Crippen molar-refractivity contribution < 1.29 is 13.2 Å². The Balaban J connectivity index is 1.77. The summed E-state index contributed by atoms with van der Waals surface area (Å²) in [7, 11) is 0. The number of hydrogen-bond donors (Lipinski definition) is 1. The Hall–Kier alpha value is -3.01. The van der Waals surface area contributed by atoms with Crippen molar-refractivity contribution in [3.63, 3.8) is 0 Å². The minimum Gasteiger partial charge on any atom is -0.326 e. The van der Waals surface area contributed by atoms with Gasteiger partial charge in [0.1, 0.15) is 0 Å². The van der Waals surface area contributed by atoms with Crippen LogP contribution in [0.5, 0.6) is 0 Å². The maximum atomic E-state index is 12.9. The molecule has 0 aliphatic heterocycles. The summed E-state index contributed by atoms with van der Waals surface area (Å²) in [6.45, 7) is 6.79. The van der Waals surface area contributed by atoms with Crippen LogP contribution in [0.3, 0.4) is 0 Å². The van der Waals surface area contributed by atoms with Gasteiger partial charge in [0.15, 0.2) is 0 Å². The molecule has 1 aromatic heterocycles. The molecule has 2 aromatic carbocycles. The lowest BCUT2D eigenvalue weighted by molar-refractivity contribution is -0.137. The molecule has 1 fully saturated rings. The predicted octanol–water partition coefficient (Wildman–Crippen LogP) is 7.06. The van der Waals surface area contributed by atoms with Crippen LogP contribution in [0.25, 0.3) is 11.0 Å². The van der Waals surface area contributed by atoms with Crippen molar-refractivity contribution in [3.05, 3.63) is 53.6 Å². The molecule has 0 unspecified atom stereocenters. The van der Waals surface area contributed by atoms with Crippen LogP contribution in [0.2, 0.25) is 0 Å². The Morgan fingerprint density at radius 1 is 1.13 bits per heavy atom. The van der Waals surface area contributed by atoms with Gasteiger partial charge in [-0.1, -0.05) is 20.8 Å². The average molecular weight is 426 g/mol. The summed E-state index contributed by atoms with van der Waals surface area (Å²) < 4.78 is 40.9. The number of imidazole rings is 1. The van der Waals surface area contributed by atoms with Gasteiger partial charge >= 0.3 is 6.18 Å². The van der Waals surface area contributed by atoms with Crippen LogP contribution in [0.4, 0.5) is 24.8 Å². The maximum absolute atomic E-state index is 12.9. The monoisotopic (exact) mass is 426 g/mol. The molecule has 1 aliphatic carbocycles. The van der Waals surface area contributed by atoms with Crippen molar-refractivity contribution in [2.75, 3.05) is 5.32 Å². The van der Waals surface area contributed by atoms with E-state index in [0.29, 0.717) is 28.6 Å². The zero-order valence-electron chi connectivity index (χ0n) is 17.8. The van der Waals surface area contributed by atoms with Crippen molar-refractivity contribution >= 4 is 22.7 Å². The number of anilines is 2. The minimum atomic E-state index is -4.37. The number of rotatable bonds is 3. The highest BCUT2D eigenvalue weighted by molar-refractivity contribution is 5.81. The van der Waals surface area contributed by atoms with E-state index in [4.69, 9.17) is 4.98 Å². The Kier molecular flexibility index (Phi) is 5.20. The molecule has 0 spiro atoms. The first-order valence-corrected chi connectivity index (χ1v) is 10.4. The van der Waals surface area contributed by atoms with Gasteiger partial charge < -0.3 is 9.88 Å². The van der Waals surface area contributed by atoms with Crippen molar-refractivity contribution in [1.82, 2.24) is 9.55 Å². The Labute approximate surface area is 179 Å². The highest BCUT2D eigenvalue weighted by Crippen LogP contribution is 2.46. The third-order valence-electron chi connectivity index (χ3n) is 6.02. The Morgan fingerprint density at radius 3 is 2.45 bits per heavy atom. The van der Waals surface area contributed by atoms with E-state index in [9.17, 15) is 18.4 Å². The highest BCUT2D eigenvalue weighted by atomic mass is 19.4. The van der Waals surface area contributed by atoms with Gasteiger partial charge in [0.2, 0.25) is 5.95 Å². The lowest BCUT2D eigenvalue weighted by Gasteiger charge is -2.40. The fourth-order valence-electron chi connectivity index (χ4n) is 4.99. The lowest BCUT2D eigenvalue weighted by atomic mass is 9.70. The fraction of sp³-hybridized carbons (Fsp3) is 0.417. The third-order valence-corrected chi connectivity index (χ3v) is 6.02. The molecule has 3 aromatic rings. The number of benzene rings is 2. The van der Waals surface area contributed by atoms with E-state index in [-0.39, 0.29) is 11.5 Å². The molecular formula is C24H25F3N4. The van der Waals surface area contributed by atoms with Gasteiger partial charge in [0, 0.05) is 11.7 Å². The largest absolute Gasteiger partial charge is 0.416 e. The molecule has 162 valence electrons. The molecule has 31 heavy (non-hydrogen) atoms. The van der Waals surface area contributed by atoms with Gasteiger partial charge in [0.25, 0.3) is 0 Å². The lowest BCUT2D eigenvalue weighted by Crippen LogP contribution is -2.29. The molecule has 1 heterocycles. The number of nitriles is 1. The van der Waals surface area contributed by atoms with Crippen LogP contribution in [0, 0.1) is 22.7 Å². The second-order valence-corrected chi connectivity index (χ2v) is 9.39. The van der Waals surface area contributed by atoms with Crippen LogP contribution >= 0.6 is 0 Å². The number of halogens is 3. The van der Waals surface area contributed by atoms with E-state index >= 15 is 0 Å². The minimum absolute atomic E-state index is 0.178. The van der Waals surface area contributed by atoms with Crippen molar-refractivity contribution in [3.8, 4) is 6.07 Å². The molecule has 1 saturated carbocycles. The topological polar surface area (TPSA) is 53.6 Å². The first-order valence-electron chi connectivity index (χ1n) is 10.4. The van der Waals surface area contributed by atoms with Gasteiger partial charge in [0.05, 0.1) is 28.2 Å². The average Bonchev–Trinajstić information content (AvgIpc) is 3.02. The molecule has 0 bridgehead atoms. The Bertz CT molecular complexity index is 1140. The van der Waals surface area contributed by atoms with Crippen molar-refractivity contribution in [1.29, 1.82) is 5.26 Å². The van der Waals surface area contributed by atoms with Gasteiger partial charge in [-0.2, -0.15) is 18.4 Å². The van der Waals surface area contributed by atoms with Crippen molar-refractivity contribution in [2.45, 2.75) is 52.3 Å². The second kappa shape index (κ2) is 7.60. The maximum Gasteiger partial charge on any atom is 0.416 e. The summed E-state index contributed by atoms with van der Waals surface area (Å²) in [6.07, 6.45) is -1.25. The van der Waals surface area contributed by atoms with Crippen LogP contribution in [0.15, 0.2) is 42.5 Å². The molecule has 7 heteroatoms. The van der Waals surface area contributed by atoms with Crippen LogP contribution in [-0.4, -0.2) is 9.55 Å². The quantitative estimate of drug-likeness (QED) is 0.488. The summed E-state index contributed by atoms with van der Waals surface area (Å²) >= 11 is 0. The summed E-state index contributed by atoms with van der Waals surface area (Å²) in [5.41, 5.74) is 2.17. The van der Waals surface area contributed by atoms with E-state index in [1.807, 2.05) is 6.07 Å². The molecule has 0 amide bonds. The van der Waals surface area contributed by atoms with E-state index in [1.165, 1.54) is 12.1 Å². The van der Waals surface area contributed by atoms with E-state index in [1.54, 1.807) is 12.1 Å². The number of hydrogen-bond acceptors (Lipinski definition) is 3. The number of nitrogens with zero attached hydrogens (tertiary/aromatic N) is 3. The van der Waals surface area contributed by atoms with Gasteiger partial charge in [-0.05, 0) is 73.1 Å². The molecule has 1 N–H and O–H groups in total. The molecule has 4 rings (SSSR count). The molecule has 2 atom stereocenters.